The summed E-state index contributed by atoms with van der Waals surface area (Å²) in [6.07, 6.45) is 3.51. The summed E-state index contributed by atoms with van der Waals surface area (Å²) < 4.78 is 23.8. The molecule has 0 atom stereocenters. The SMILES string of the molecule is CCOC(=O)c1cncnc1N1CCc2noc(-c3ccc(F)cc3)c2C1. The third kappa shape index (κ3) is 3.25. The van der Waals surface area contributed by atoms with Crippen molar-refractivity contribution in [2.45, 2.75) is 19.9 Å². The van der Waals surface area contributed by atoms with Crippen molar-refractivity contribution in [2.24, 2.45) is 0 Å². The molecule has 0 saturated heterocycles. The molecule has 8 heteroatoms. The number of fused-ring (bicyclic) bond motifs is 1. The van der Waals surface area contributed by atoms with E-state index < -0.39 is 5.97 Å². The maximum absolute atomic E-state index is 13.2. The van der Waals surface area contributed by atoms with E-state index in [-0.39, 0.29) is 12.4 Å². The van der Waals surface area contributed by atoms with Crippen LogP contribution in [-0.4, -0.2) is 34.2 Å². The van der Waals surface area contributed by atoms with Crippen molar-refractivity contribution < 1.29 is 18.4 Å². The van der Waals surface area contributed by atoms with Crippen molar-refractivity contribution in [3.05, 3.63) is 59.4 Å². The Balaban J connectivity index is 1.67. The van der Waals surface area contributed by atoms with Gasteiger partial charge in [0.25, 0.3) is 0 Å². The molecular weight excluding hydrogens is 351 g/mol. The molecule has 0 N–H and O–H groups in total. The van der Waals surface area contributed by atoms with Crippen LogP contribution in [0.25, 0.3) is 11.3 Å². The molecule has 0 aliphatic carbocycles. The Morgan fingerprint density at radius 3 is 2.93 bits per heavy atom. The van der Waals surface area contributed by atoms with Gasteiger partial charge in [0.1, 0.15) is 23.5 Å². The highest BCUT2D eigenvalue weighted by Crippen LogP contribution is 2.32. The van der Waals surface area contributed by atoms with Crippen LogP contribution in [0.4, 0.5) is 10.2 Å². The Morgan fingerprint density at radius 2 is 2.15 bits per heavy atom. The Morgan fingerprint density at radius 1 is 1.33 bits per heavy atom. The number of hydrogen-bond acceptors (Lipinski definition) is 7. The van der Waals surface area contributed by atoms with Crippen LogP contribution in [0.1, 0.15) is 28.5 Å². The Hall–Kier alpha value is -3.29. The number of carbonyl (C=O) groups is 1. The molecule has 0 bridgehead atoms. The van der Waals surface area contributed by atoms with Gasteiger partial charge in [-0.25, -0.2) is 19.2 Å². The summed E-state index contributed by atoms with van der Waals surface area (Å²) in [5.74, 6) is 0.346. The van der Waals surface area contributed by atoms with Gasteiger partial charge in [-0.2, -0.15) is 0 Å². The number of hydrogen-bond donors (Lipinski definition) is 0. The molecule has 1 aliphatic heterocycles. The third-order valence-corrected chi connectivity index (χ3v) is 4.43. The van der Waals surface area contributed by atoms with Gasteiger partial charge in [-0.1, -0.05) is 5.16 Å². The lowest BCUT2D eigenvalue weighted by molar-refractivity contribution is 0.0526. The molecule has 27 heavy (non-hydrogen) atoms. The van der Waals surface area contributed by atoms with E-state index in [0.29, 0.717) is 36.7 Å². The minimum absolute atomic E-state index is 0.275. The van der Waals surface area contributed by atoms with E-state index in [2.05, 4.69) is 15.1 Å². The molecule has 3 heterocycles. The van der Waals surface area contributed by atoms with E-state index in [1.807, 2.05) is 4.90 Å². The second-order valence-corrected chi connectivity index (χ2v) is 6.10. The smallest absolute Gasteiger partial charge is 0.343 e. The predicted octanol–water partition coefficient (Wildman–Crippen LogP) is 3.01. The Labute approximate surface area is 154 Å². The van der Waals surface area contributed by atoms with Crippen molar-refractivity contribution in [1.29, 1.82) is 0 Å². The van der Waals surface area contributed by atoms with Crippen LogP contribution in [0.2, 0.25) is 0 Å². The Bertz CT molecular complexity index is 971. The molecule has 1 aromatic carbocycles. The zero-order chi connectivity index (χ0) is 18.8. The van der Waals surface area contributed by atoms with Gasteiger partial charge in [0.2, 0.25) is 0 Å². The van der Waals surface area contributed by atoms with Gasteiger partial charge >= 0.3 is 5.97 Å². The average molecular weight is 368 g/mol. The largest absolute Gasteiger partial charge is 0.462 e. The first-order valence-corrected chi connectivity index (χ1v) is 8.62. The second-order valence-electron chi connectivity index (χ2n) is 6.10. The highest BCUT2D eigenvalue weighted by molar-refractivity contribution is 5.94. The molecule has 1 aliphatic rings. The monoisotopic (exact) mass is 368 g/mol. The number of carbonyl (C=O) groups excluding carboxylic acids is 1. The highest BCUT2D eigenvalue weighted by atomic mass is 19.1. The topological polar surface area (TPSA) is 81.4 Å². The van der Waals surface area contributed by atoms with Gasteiger partial charge in [0.05, 0.1) is 18.8 Å². The summed E-state index contributed by atoms with van der Waals surface area (Å²) >= 11 is 0. The summed E-state index contributed by atoms with van der Waals surface area (Å²) in [7, 11) is 0. The molecule has 2 aromatic heterocycles. The molecule has 7 nitrogen and oxygen atoms in total. The van der Waals surface area contributed by atoms with E-state index in [0.717, 1.165) is 16.8 Å². The first-order chi connectivity index (χ1) is 13.2. The number of aromatic nitrogens is 3. The van der Waals surface area contributed by atoms with Gasteiger partial charge in [-0.15, -0.1) is 0 Å². The Kier molecular flexibility index (Phi) is 4.53. The van der Waals surface area contributed by atoms with Crippen LogP contribution < -0.4 is 4.90 Å². The van der Waals surface area contributed by atoms with Gasteiger partial charge in [0.15, 0.2) is 5.76 Å². The number of halogens is 1. The summed E-state index contributed by atoms with van der Waals surface area (Å²) in [6.45, 7) is 3.12. The number of nitrogens with zero attached hydrogens (tertiary/aromatic N) is 4. The minimum Gasteiger partial charge on any atom is -0.462 e. The number of anilines is 1. The van der Waals surface area contributed by atoms with E-state index in [1.54, 1.807) is 19.1 Å². The maximum atomic E-state index is 13.2. The standard InChI is InChI=1S/C19H17FN4O3/c1-2-26-19(25)14-9-21-11-22-18(14)24-8-7-16-15(10-24)17(27-23-16)12-3-5-13(20)6-4-12/h3-6,9,11H,2,7-8,10H2,1H3. The molecule has 3 aromatic rings. The van der Waals surface area contributed by atoms with Gasteiger partial charge in [0, 0.05) is 30.3 Å². The summed E-state index contributed by atoms with van der Waals surface area (Å²) in [5.41, 5.74) is 2.83. The molecule has 0 amide bonds. The second kappa shape index (κ2) is 7.14. The van der Waals surface area contributed by atoms with Crippen molar-refractivity contribution in [3.63, 3.8) is 0 Å². The fourth-order valence-electron chi connectivity index (χ4n) is 3.15. The molecule has 0 fully saturated rings. The van der Waals surface area contributed by atoms with Gasteiger partial charge in [-0.3, -0.25) is 0 Å². The summed E-state index contributed by atoms with van der Waals surface area (Å²) in [4.78, 5) is 22.4. The van der Waals surface area contributed by atoms with Crippen molar-refractivity contribution >= 4 is 11.8 Å². The van der Waals surface area contributed by atoms with E-state index in [1.165, 1.54) is 24.7 Å². The van der Waals surface area contributed by atoms with Crippen molar-refractivity contribution in [3.8, 4) is 11.3 Å². The maximum Gasteiger partial charge on any atom is 0.343 e. The molecule has 0 spiro atoms. The molecular formula is C19H17FN4O3. The van der Waals surface area contributed by atoms with Crippen LogP contribution in [0.5, 0.6) is 0 Å². The van der Waals surface area contributed by atoms with Crippen molar-refractivity contribution in [2.75, 3.05) is 18.1 Å². The third-order valence-electron chi connectivity index (χ3n) is 4.43. The number of esters is 1. The van der Waals surface area contributed by atoms with Crippen LogP contribution >= 0.6 is 0 Å². The predicted molar refractivity (Wildman–Crippen MR) is 94.6 cm³/mol. The van der Waals surface area contributed by atoms with E-state index in [9.17, 15) is 9.18 Å². The quantitative estimate of drug-likeness (QED) is 0.655. The van der Waals surface area contributed by atoms with E-state index in [4.69, 9.17) is 9.26 Å². The lowest BCUT2D eigenvalue weighted by atomic mass is 10.0. The zero-order valence-corrected chi connectivity index (χ0v) is 14.7. The highest BCUT2D eigenvalue weighted by Gasteiger charge is 2.28. The lowest BCUT2D eigenvalue weighted by Gasteiger charge is -2.28. The molecule has 138 valence electrons. The fraction of sp³-hybridized carbons (Fsp3) is 0.263. The fourth-order valence-corrected chi connectivity index (χ4v) is 3.15. The number of ether oxygens (including phenoxy) is 1. The molecule has 4 rings (SSSR count). The molecule has 0 saturated carbocycles. The number of rotatable bonds is 4. The van der Waals surface area contributed by atoms with Gasteiger partial charge < -0.3 is 14.2 Å². The normalized spacial score (nSPS) is 13.3. The van der Waals surface area contributed by atoms with Crippen LogP contribution in [0, 0.1) is 5.82 Å². The first-order valence-electron chi connectivity index (χ1n) is 8.62. The summed E-state index contributed by atoms with van der Waals surface area (Å²) in [6, 6.07) is 6.08. The van der Waals surface area contributed by atoms with Crippen LogP contribution in [0.3, 0.4) is 0 Å². The van der Waals surface area contributed by atoms with E-state index >= 15 is 0 Å². The number of benzene rings is 1. The van der Waals surface area contributed by atoms with Gasteiger partial charge in [-0.05, 0) is 31.2 Å². The van der Waals surface area contributed by atoms with Crippen molar-refractivity contribution in [1.82, 2.24) is 15.1 Å². The van der Waals surface area contributed by atoms with Crippen LogP contribution in [-0.2, 0) is 17.7 Å². The first kappa shape index (κ1) is 17.1. The molecule has 0 radical (unpaired) electrons. The summed E-state index contributed by atoms with van der Waals surface area (Å²) in [5, 5.41) is 4.15. The zero-order valence-electron chi connectivity index (χ0n) is 14.7. The average Bonchev–Trinajstić information content (AvgIpc) is 3.12. The molecule has 0 unspecified atom stereocenters. The minimum atomic E-state index is -0.456. The lowest BCUT2D eigenvalue weighted by Crippen LogP contribution is -2.32. The van der Waals surface area contributed by atoms with Crippen LogP contribution in [0.15, 0.2) is 41.3 Å².